The first-order valence-corrected chi connectivity index (χ1v) is 6.64. The summed E-state index contributed by atoms with van der Waals surface area (Å²) < 4.78 is 2.34. The third-order valence-electron chi connectivity index (χ3n) is 1.72. The molecule has 68 valence electrons. The van der Waals surface area contributed by atoms with Gasteiger partial charge in [-0.1, -0.05) is 22.0 Å². The lowest BCUT2D eigenvalue weighted by Crippen LogP contribution is -1.82. The zero-order valence-corrected chi connectivity index (χ0v) is 10.7. The first kappa shape index (κ1) is 9.62. The van der Waals surface area contributed by atoms with Crippen LogP contribution < -0.4 is 0 Å². The zero-order valence-electron chi connectivity index (χ0n) is 6.76. The number of halogens is 2. The summed E-state index contributed by atoms with van der Waals surface area (Å²) in [4.78, 5) is 4.54. The summed E-state index contributed by atoms with van der Waals surface area (Å²) in [6.45, 7) is 0. The van der Waals surface area contributed by atoms with Gasteiger partial charge in [0.25, 0.3) is 0 Å². The molecule has 0 aliphatic carbocycles. The fraction of sp³-hybridized carbons (Fsp3) is 0.222. The van der Waals surface area contributed by atoms with Crippen LogP contribution in [0.5, 0.6) is 0 Å². The van der Waals surface area contributed by atoms with Crippen LogP contribution in [0.3, 0.4) is 0 Å². The Labute approximate surface area is 97.4 Å². The number of benzene rings is 1. The molecule has 0 radical (unpaired) electrons. The molecule has 0 atom stereocenters. The van der Waals surface area contributed by atoms with Crippen LogP contribution in [-0.4, -0.2) is 10.3 Å². The molecular weight excluding hydrogens is 314 g/mol. The molecule has 2 rings (SSSR count). The Balaban J connectivity index is 2.55. The van der Waals surface area contributed by atoms with Crippen molar-refractivity contribution >= 4 is 53.4 Å². The lowest BCUT2D eigenvalue weighted by atomic mass is 10.3. The Morgan fingerprint density at radius 2 is 2.23 bits per heavy atom. The van der Waals surface area contributed by atoms with Crippen LogP contribution in [0.15, 0.2) is 22.7 Å². The highest BCUT2D eigenvalue weighted by molar-refractivity contribution is 9.10. The van der Waals surface area contributed by atoms with E-state index in [1.54, 1.807) is 11.3 Å². The van der Waals surface area contributed by atoms with Crippen LogP contribution in [0.2, 0.25) is 0 Å². The zero-order chi connectivity index (χ0) is 9.26. The molecule has 4 heteroatoms. The van der Waals surface area contributed by atoms with Gasteiger partial charge in [-0.3, -0.25) is 0 Å². The maximum atomic E-state index is 4.54. The number of thiazole rings is 1. The van der Waals surface area contributed by atoms with Gasteiger partial charge in [0.1, 0.15) is 0 Å². The fourth-order valence-corrected chi connectivity index (χ4v) is 3.37. The smallest absolute Gasteiger partial charge is 0.0957 e. The SMILES string of the molecule is BrCCc1nc2c(Br)cccc2s1. The molecular formula is C9H7Br2NS. The van der Waals surface area contributed by atoms with E-state index in [1.807, 2.05) is 12.1 Å². The summed E-state index contributed by atoms with van der Waals surface area (Å²) in [7, 11) is 0. The van der Waals surface area contributed by atoms with Gasteiger partial charge in [0, 0.05) is 16.2 Å². The Bertz CT molecular complexity index is 424. The predicted molar refractivity (Wildman–Crippen MR) is 64.8 cm³/mol. The maximum Gasteiger partial charge on any atom is 0.0957 e. The molecule has 0 bridgehead atoms. The minimum Gasteiger partial charge on any atom is -0.240 e. The standard InChI is InChI=1S/C9H7Br2NS/c10-5-4-8-12-9-6(11)2-1-3-7(9)13-8/h1-3H,4-5H2. The van der Waals surface area contributed by atoms with Crippen molar-refractivity contribution in [3.8, 4) is 0 Å². The third kappa shape index (κ3) is 1.95. The van der Waals surface area contributed by atoms with E-state index < -0.39 is 0 Å². The second-order valence-corrected chi connectivity index (χ2v) is 5.40. The highest BCUT2D eigenvalue weighted by atomic mass is 79.9. The monoisotopic (exact) mass is 319 g/mol. The molecule has 2 aromatic rings. The number of fused-ring (bicyclic) bond motifs is 1. The predicted octanol–water partition coefficient (Wildman–Crippen LogP) is 4.00. The van der Waals surface area contributed by atoms with Crippen molar-refractivity contribution < 1.29 is 0 Å². The average Bonchev–Trinajstić information content (AvgIpc) is 2.49. The fourth-order valence-electron chi connectivity index (χ4n) is 1.15. The number of hydrogen-bond donors (Lipinski definition) is 0. The van der Waals surface area contributed by atoms with E-state index in [0.29, 0.717) is 0 Å². The molecule has 1 nitrogen and oxygen atoms in total. The van der Waals surface area contributed by atoms with Gasteiger partial charge in [-0.15, -0.1) is 11.3 Å². The molecule has 1 aromatic heterocycles. The molecule has 0 aliphatic rings. The Morgan fingerprint density at radius 1 is 1.38 bits per heavy atom. The maximum absolute atomic E-state index is 4.54. The van der Waals surface area contributed by atoms with Gasteiger partial charge in [0.05, 0.1) is 15.2 Å². The van der Waals surface area contributed by atoms with Crippen molar-refractivity contribution in [2.75, 3.05) is 5.33 Å². The van der Waals surface area contributed by atoms with Crippen molar-refractivity contribution in [3.05, 3.63) is 27.7 Å². The molecule has 0 fully saturated rings. The summed E-state index contributed by atoms with van der Waals surface area (Å²) in [5.74, 6) is 0. The average molecular weight is 321 g/mol. The Morgan fingerprint density at radius 3 is 2.92 bits per heavy atom. The van der Waals surface area contributed by atoms with E-state index in [2.05, 4.69) is 42.9 Å². The molecule has 0 saturated carbocycles. The van der Waals surface area contributed by atoms with E-state index in [0.717, 1.165) is 21.7 Å². The molecule has 13 heavy (non-hydrogen) atoms. The lowest BCUT2D eigenvalue weighted by molar-refractivity contribution is 1.13. The highest BCUT2D eigenvalue weighted by Gasteiger charge is 2.05. The third-order valence-corrected chi connectivity index (χ3v) is 3.84. The second kappa shape index (κ2) is 4.07. The van der Waals surface area contributed by atoms with Crippen LogP contribution in [0.4, 0.5) is 0 Å². The van der Waals surface area contributed by atoms with Crippen molar-refractivity contribution in [2.24, 2.45) is 0 Å². The number of rotatable bonds is 2. The number of aromatic nitrogens is 1. The van der Waals surface area contributed by atoms with Crippen LogP contribution in [0, 0.1) is 0 Å². The summed E-state index contributed by atoms with van der Waals surface area (Å²) in [5.41, 5.74) is 1.09. The topological polar surface area (TPSA) is 12.9 Å². The molecule has 0 unspecified atom stereocenters. The first-order chi connectivity index (χ1) is 6.31. The first-order valence-electron chi connectivity index (χ1n) is 3.91. The second-order valence-electron chi connectivity index (χ2n) is 2.63. The molecule has 0 spiro atoms. The summed E-state index contributed by atoms with van der Waals surface area (Å²) in [6, 6.07) is 6.18. The minimum absolute atomic E-state index is 0.977. The number of aryl methyl sites for hydroxylation is 1. The Kier molecular flexibility index (Phi) is 3.01. The van der Waals surface area contributed by atoms with Gasteiger partial charge in [0.2, 0.25) is 0 Å². The molecule has 0 amide bonds. The van der Waals surface area contributed by atoms with Gasteiger partial charge < -0.3 is 0 Å². The minimum atomic E-state index is 0.977. The van der Waals surface area contributed by atoms with Crippen LogP contribution in [0.1, 0.15) is 5.01 Å². The van der Waals surface area contributed by atoms with Gasteiger partial charge >= 0.3 is 0 Å². The van der Waals surface area contributed by atoms with Gasteiger partial charge in [-0.25, -0.2) is 4.98 Å². The van der Waals surface area contributed by atoms with E-state index in [1.165, 1.54) is 9.71 Å². The highest BCUT2D eigenvalue weighted by Crippen LogP contribution is 2.28. The van der Waals surface area contributed by atoms with E-state index in [9.17, 15) is 0 Å². The van der Waals surface area contributed by atoms with Crippen molar-refractivity contribution in [1.82, 2.24) is 4.98 Å². The summed E-state index contributed by atoms with van der Waals surface area (Å²) >= 11 is 8.68. The number of nitrogens with zero attached hydrogens (tertiary/aromatic N) is 1. The quantitative estimate of drug-likeness (QED) is 0.762. The van der Waals surface area contributed by atoms with Crippen LogP contribution in [0.25, 0.3) is 10.2 Å². The van der Waals surface area contributed by atoms with E-state index in [-0.39, 0.29) is 0 Å². The molecule has 1 aromatic carbocycles. The van der Waals surface area contributed by atoms with Gasteiger partial charge in [-0.2, -0.15) is 0 Å². The summed E-state index contributed by atoms with van der Waals surface area (Å²) in [6.07, 6.45) is 1.01. The van der Waals surface area contributed by atoms with Crippen LogP contribution >= 0.6 is 43.2 Å². The Hall–Kier alpha value is 0.0700. The normalized spacial score (nSPS) is 10.9. The number of para-hydroxylation sites is 1. The van der Waals surface area contributed by atoms with E-state index in [4.69, 9.17) is 0 Å². The number of alkyl halides is 1. The molecule has 0 aliphatic heterocycles. The lowest BCUT2D eigenvalue weighted by Gasteiger charge is -1.88. The molecule has 1 heterocycles. The molecule has 0 N–H and O–H groups in total. The van der Waals surface area contributed by atoms with Gasteiger partial charge in [-0.05, 0) is 28.1 Å². The number of hydrogen-bond acceptors (Lipinski definition) is 2. The van der Waals surface area contributed by atoms with Crippen molar-refractivity contribution in [1.29, 1.82) is 0 Å². The summed E-state index contributed by atoms with van der Waals surface area (Å²) in [5, 5.41) is 2.17. The molecule has 0 saturated heterocycles. The largest absolute Gasteiger partial charge is 0.240 e. The van der Waals surface area contributed by atoms with Crippen LogP contribution in [-0.2, 0) is 6.42 Å². The van der Waals surface area contributed by atoms with Crippen molar-refractivity contribution in [3.63, 3.8) is 0 Å². The van der Waals surface area contributed by atoms with Crippen molar-refractivity contribution in [2.45, 2.75) is 6.42 Å². The van der Waals surface area contributed by atoms with Gasteiger partial charge in [0.15, 0.2) is 0 Å². The van der Waals surface area contributed by atoms with E-state index >= 15 is 0 Å².